The second-order valence-electron chi connectivity index (χ2n) is 11.7. The molecule has 13 heteroatoms. The zero-order valence-electron chi connectivity index (χ0n) is 26.7. The molecule has 0 unspecified atom stereocenters. The number of rotatable bonds is 5. The van der Waals surface area contributed by atoms with Crippen LogP contribution in [0.25, 0.3) is 0 Å². The van der Waals surface area contributed by atoms with Crippen LogP contribution < -0.4 is 20.7 Å². The van der Waals surface area contributed by atoms with Crippen molar-refractivity contribution >= 4 is 35.2 Å². The Morgan fingerprint density at radius 2 is 1.78 bits per heavy atom. The summed E-state index contributed by atoms with van der Waals surface area (Å²) in [4.78, 5) is 59.9. The largest absolute Gasteiger partial charge is 0.496 e. The highest BCUT2D eigenvalue weighted by atomic mass is 35.5. The van der Waals surface area contributed by atoms with Gasteiger partial charge >= 0.3 is 0 Å². The number of amides is 4. The van der Waals surface area contributed by atoms with Gasteiger partial charge in [-0.1, -0.05) is 55.8 Å². The number of nitrogens with one attached hydrogen (secondary N) is 3. The Bertz CT molecular complexity index is 1530. The Morgan fingerprint density at radius 3 is 2.50 bits per heavy atom. The Hall–Kier alpha value is -4.45. The van der Waals surface area contributed by atoms with Crippen LogP contribution in [0.1, 0.15) is 66.7 Å². The van der Waals surface area contributed by atoms with Crippen LogP contribution in [0.3, 0.4) is 0 Å². The Morgan fingerprint density at radius 1 is 1.04 bits per heavy atom. The first-order valence-corrected chi connectivity index (χ1v) is 15.9. The van der Waals surface area contributed by atoms with Crippen molar-refractivity contribution in [1.82, 2.24) is 35.6 Å². The highest BCUT2D eigenvalue weighted by Gasteiger charge is 2.30. The number of fused-ring (bicyclic) bond motifs is 1. The van der Waals surface area contributed by atoms with Crippen molar-refractivity contribution < 1.29 is 23.9 Å². The summed E-state index contributed by atoms with van der Waals surface area (Å²) in [5, 5.41) is 13.7. The van der Waals surface area contributed by atoms with Crippen LogP contribution in [0.2, 0.25) is 5.02 Å². The van der Waals surface area contributed by atoms with Crippen molar-refractivity contribution in [3.05, 3.63) is 76.3 Å². The molecule has 12 nitrogen and oxygen atoms in total. The van der Waals surface area contributed by atoms with Gasteiger partial charge in [-0.15, -0.1) is 0 Å². The number of benzene rings is 2. The van der Waals surface area contributed by atoms with Crippen molar-refractivity contribution in [1.29, 1.82) is 0 Å². The van der Waals surface area contributed by atoms with E-state index in [9.17, 15) is 19.2 Å². The van der Waals surface area contributed by atoms with Gasteiger partial charge in [-0.2, -0.15) is 5.10 Å². The Balaban J connectivity index is 1.62. The van der Waals surface area contributed by atoms with Crippen LogP contribution in [0.4, 0.5) is 0 Å². The fourth-order valence-electron chi connectivity index (χ4n) is 5.38. The number of aryl methyl sites for hydroxylation is 1. The van der Waals surface area contributed by atoms with E-state index in [-0.39, 0.29) is 55.5 Å². The zero-order chi connectivity index (χ0) is 33.2. The maximum Gasteiger partial charge on any atom is 0.257 e. The van der Waals surface area contributed by atoms with Gasteiger partial charge < -0.3 is 25.6 Å². The predicted molar refractivity (Wildman–Crippen MR) is 173 cm³/mol. The second-order valence-corrected chi connectivity index (χ2v) is 12.1. The van der Waals surface area contributed by atoms with Crippen LogP contribution in [-0.2, 0) is 27.3 Å². The number of halogens is 1. The summed E-state index contributed by atoms with van der Waals surface area (Å²) in [7, 11) is 1.48. The molecule has 0 fully saturated rings. The molecule has 0 spiro atoms. The molecule has 0 aliphatic carbocycles. The van der Waals surface area contributed by atoms with Crippen LogP contribution >= 0.6 is 11.6 Å². The summed E-state index contributed by atoms with van der Waals surface area (Å²) in [6.45, 7) is 6.42. The van der Waals surface area contributed by atoms with Gasteiger partial charge in [-0.05, 0) is 49.4 Å². The third-order valence-corrected chi connectivity index (χ3v) is 7.95. The first-order chi connectivity index (χ1) is 22.0. The van der Waals surface area contributed by atoms with E-state index in [0.717, 1.165) is 5.56 Å². The third kappa shape index (κ3) is 9.29. The van der Waals surface area contributed by atoms with Gasteiger partial charge in [-0.3, -0.25) is 19.2 Å². The lowest BCUT2D eigenvalue weighted by Gasteiger charge is -2.26. The number of hydrogen-bond donors (Lipinski definition) is 3. The fraction of sp³-hybridized carbons (Fsp3) is 0.455. The Labute approximate surface area is 274 Å². The quantitative estimate of drug-likeness (QED) is 0.384. The van der Waals surface area contributed by atoms with Gasteiger partial charge in [0.05, 0.1) is 18.7 Å². The van der Waals surface area contributed by atoms with Crippen LogP contribution in [0.15, 0.2) is 48.5 Å². The lowest BCUT2D eigenvalue weighted by molar-refractivity contribution is -0.129. The molecule has 0 saturated carbocycles. The van der Waals surface area contributed by atoms with E-state index in [1.165, 1.54) is 11.8 Å². The summed E-state index contributed by atoms with van der Waals surface area (Å²) in [5.41, 5.74) is 1.19. The molecule has 2 aromatic carbocycles. The lowest BCUT2D eigenvalue weighted by atomic mass is 10.0. The van der Waals surface area contributed by atoms with Crippen LogP contribution in [0.5, 0.6) is 5.75 Å². The SMILES string of the molecule is COc1ccc(Cl)cc1C(=O)N1CCCNC(=O)Cn2nc(C)nc2[C@H](C(C)C)NC(=O)[C@@H](Cc2ccccc2)NC(=O)CCC1. The van der Waals surface area contributed by atoms with Crippen molar-refractivity contribution in [2.75, 3.05) is 26.7 Å². The molecule has 3 aromatic rings. The van der Waals surface area contributed by atoms with Gasteiger partial charge in [0.2, 0.25) is 17.7 Å². The van der Waals surface area contributed by atoms with Gasteiger partial charge in [0, 0.05) is 37.5 Å². The summed E-state index contributed by atoms with van der Waals surface area (Å²) in [6, 6.07) is 12.8. The lowest BCUT2D eigenvalue weighted by Crippen LogP contribution is -2.50. The number of hydrogen-bond acceptors (Lipinski definition) is 7. The van der Waals surface area contributed by atoms with Crippen molar-refractivity contribution in [3.63, 3.8) is 0 Å². The van der Waals surface area contributed by atoms with Crippen molar-refractivity contribution in [3.8, 4) is 5.75 Å². The molecule has 0 saturated heterocycles. The molecular weight excluding hydrogens is 610 g/mol. The molecule has 0 bridgehead atoms. The van der Waals surface area contributed by atoms with Gasteiger partial charge in [0.25, 0.3) is 5.91 Å². The molecule has 2 heterocycles. The molecule has 2 atom stereocenters. The van der Waals surface area contributed by atoms with E-state index >= 15 is 0 Å². The first-order valence-electron chi connectivity index (χ1n) is 15.5. The molecule has 246 valence electrons. The minimum atomic E-state index is -0.871. The monoisotopic (exact) mass is 651 g/mol. The maximum atomic E-state index is 13.8. The minimum absolute atomic E-state index is 0.0883. The van der Waals surface area contributed by atoms with E-state index < -0.39 is 12.1 Å². The number of methoxy groups -OCH3 is 1. The van der Waals surface area contributed by atoms with Crippen LogP contribution in [0, 0.1) is 12.8 Å². The first kappa shape index (κ1) is 34.4. The fourth-order valence-corrected chi connectivity index (χ4v) is 5.55. The molecule has 0 radical (unpaired) electrons. The minimum Gasteiger partial charge on any atom is -0.496 e. The van der Waals surface area contributed by atoms with E-state index in [1.54, 1.807) is 30.0 Å². The topological polar surface area (TPSA) is 148 Å². The van der Waals surface area contributed by atoms with E-state index in [4.69, 9.17) is 16.3 Å². The second kappa shape index (κ2) is 16.2. The normalized spacial score (nSPS) is 18.9. The number of carbonyl (C=O) groups is 4. The van der Waals surface area contributed by atoms with Gasteiger partial charge in [0.15, 0.2) is 5.82 Å². The van der Waals surface area contributed by atoms with E-state index in [0.29, 0.717) is 53.9 Å². The summed E-state index contributed by atoms with van der Waals surface area (Å²) in [6.07, 6.45) is 1.19. The number of carbonyl (C=O) groups excluding carboxylic acids is 4. The summed E-state index contributed by atoms with van der Waals surface area (Å²) in [5.74, 6) is -0.0461. The van der Waals surface area contributed by atoms with E-state index in [2.05, 4.69) is 26.0 Å². The molecular formula is C33H42ClN7O5. The molecule has 4 amide bonds. The third-order valence-electron chi connectivity index (χ3n) is 7.71. The van der Waals surface area contributed by atoms with Gasteiger partial charge in [-0.25, -0.2) is 9.67 Å². The highest BCUT2D eigenvalue weighted by Crippen LogP contribution is 2.25. The van der Waals surface area contributed by atoms with E-state index in [1.807, 2.05) is 44.2 Å². The molecule has 1 aliphatic heterocycles. The number of aromatic nitrogens is 3. The molecule has 1 aliphatic rings. The molecule has 3 N–H and O–H groups in total. The number of ether oxygens (including phenoxy) is 1. The predicted octanol–water partition coefficient (Wildman–Crippen LogP) is 3.23. The maximum absolute atomic E-state index is 13.8. The average molecular weight is 652 g/mol. The molecule has 46 heavy (non-hydrogen) atoms. The molecule has 4 rings (SSSR count). The van der Waals surface area contributed by atoms with Crippen LogP contribution in [-0.4, -0.2) is 76.1 Å². The Kier molecular flexibility index (Phi) is 12.1. The summed E-state index contributed by atoms with van der Waals surface area (Å²) < 4.78 is 6.91. The number of nitrogens with zero attached hydrogens (tertiary/aromatic N) is 4. The average Bonchev–Trinajstić information content (AvgIpc) is 3.38. The summed E-state index contributed by atoms with van der Waals surface area (Å²) >= 11 is 6.20. The smallest absolute Gasteiger partial charge is 0.257 e. The zero-order valence-corrected chi connectivity index (χ0v) is 27.5. The van der Waals surface area contributed by atoms with Gasteiger partial charge in [0.1, 0.15) is 24.2 Å². The standard InChI is InChI=1S/C33H42ClN7O5/c1-21(2)30-31-36-22(3)39-41(31)20-29(43)35-15-9-17-40(33(45)25-19-24(34)13-14-27(25)46-4)16-8-12-28(42)37-26(32(44)38-30)18-23-10-6-5-7-11-23/h5-7,10-11,13-14,19,21,26,30H,8-9,12,15-18,20H2,1-4H3,(H,35,43)(H,37,42)(H,38,44)/t26-,30+/m1/s1. The van der Waals surface area contributed by atoms with Crippen molar-refractivity contribution in [2.24, 2.45) is 5.92 Å². The highest BCUT2D eigenvalue weighted by molar-refractivity contribution is 6.31. The molecule has 1 aromatic heterocycles. The van der Waals surface area contributed by atoms with Crippen molar-refractivity contribution in [2.45, 2.75) is 65.1 Å².